The first-order valence-electron chi connectivity index (χ1n) is 6.09. The molecule has 0 bridgehead atoms. The zero-order valence-electron chi connectivity index (χ0n) is 10.7. The molecule has 1 unspecified atom stereocenters. The third-order valence-corrected chi connectivity index (χ3v) is 3.14. The molecule has 1 aliphatic rings. The van der Waals surface area contributed by atoms with E-state index in [1.165, 1.54) is 7.11 Å². The van der Waals surface area contributed by atoms with Crippen LogP contribution in [0.15, 0.2) is 0 Å². The molecule has 100 valence electrons. The smallest absolute Gasteiger partial charge is 0.322 e. The van der Waals surface area contributed by atoms with Crippen LogP contribution in [0.2, 0.25) is 0 Å². The van der Waals surface area contributed by atoms with Gasteiger partial charge in [0, 0.05) is 19.3 Å². The molecule has 1 fully saturated rings. The molecule has 0 aliphatic carbocycles. The molecule has 2 heterocycles. The first kappa shape index (κ1) is 12.8. The number of nitrogens with two attached hydrogens (primary N) is 1. The molecule has 0 saturated carbocycles. The quantitative estimate of drug-likeness (QED) is 0.815. The molecule has 7 heteroatoms. The van der Waals surface area contributed by atoms with Crippen molar-refractivity contribution in [2.24, 2.45) is 5.92 Å². The maximum atomic E-state index is 5.59. The van der Waals surface area contributed by atoms with E-state index in [0.717, 1.165) is 26.1 Å². The highest BCUT2D eigenvalue weighted by Gasteiger charge is 2.21. The van der Waals surface area contributed by atoms with Gasteiger partial charge in [-0.05, 0) is 25.7 Å². The fourth-order valence-electron chi connectivity index (χ4n) is 2.07. The van der Waals surface area contributed by atoms with E-state index < -0.39 is 0 Å². The summed E-state index contributed by atoms with van der Waals surface area (Å²) in [5.41, 5.74) is 5.59. The van der Waals surface area contributed by atoms with E-state index in [0.29, 0.717) is 11.9 Å². The SMILES string of the molecule is COc1nc(N)nc(NC(C)C2CCOCC2)n1. The van der Waals surface area contributed by atoms with Gasteiger partial charge in [0.05, 0.1) is 7.11 Å². The Morgan fingerprint density at radius 3 is 2.72 bits per heavy atom. The molecule has 1 aliphatic heterocycles. The monoisotopic (exact) mass is 253 g/mol. The lowest BCUT2D eigenvalue weighted by molar-refractivity contribution is 0.0621. The number of aromatic nitrogens is 3. The van der Waals surface area contributed by atoms with Gasteiger partial charge in [0.25, 0.3) is 0 Å². The summed E-state index contributed by atoms with van der Waals surface area (Å²) in [6.07, 6.45) is 2.09. The molecule has 0 spiro atoms. The number of rotatable bonds is 4. The molecular weight excluding hydrogens is 234 g/mol. The average Bonchev–Trinajstić information content (AvgIpc) is 2.39. The molecule has 2 rings (SSSR count). The van der Waals surface area contributed by atoms with Crippen LogP contribution < -0.4 is 15.8 Å². The van der Waals surface area contributed by atoms with E-state index >= 15 is 0 Å². The minimum Gasteiger partial charge on any atom is -0.467 e. The van der Waals surface area contributed by atoms with Crippen molar-refractivity contribution in [3.63, 3.8) is 0 Å². The summed E-state index contributed by atoms with van der Waals surface area (Å²) >= 11 is 0. The molecule has 0 radical (unpaired) electrons. The van der Waals surface area contributed by atoms with Gasteiger partial charge >= 0.3 is 6.01 Å². The molecule has 0 amide bonds. The summed E-state index contributed by atoms with van der Waals surface area (Å²) in [5, 5.41) is 3.25. The fraction of sp³-hybridized carbons (Fsp3) is 0.727. The number of methoxy groups -OCH3 is 1. The van der Waals surface area contributed by atoms with Crippen LogP contribution in [0.1, 0.15) is 19.8 Å². The van der Waals surface area contributed by atoms with Crippen molar-refractivity contribution in [2.75, 3.05) is 31.4 Å². The predicted octanol–water partition coefficient (Wildman–Crippen LogP) is 0.689. The van der Waals surface area contributed by atoms with Crippen LogP contribution in [0, 0.1) is 5.92 Å². The number of hydrogen-bond donors (Lipinski definition) is 2. The number of nitrogen functional groups attached to an aromatic ring is 1. The summed E-state index contributed by atoms with van der Waals surface area (Å²) in [6.45, 7) is 3.75. The number of nitrogens with zero attached hydrogens (tertiary/aromatic N) is 3. The summed E-state index contributed by atoms with van der Waals surface area (Å²) in [5.74, 6) is 1.17. The van der Waals surface area contributed by atoms with Gasteiger partial charge in [-0.2, -0.15) is 15.0 Å². The zero-order chi connectivity index (χ0) is 13.0. The van der Waals surface area contributed by atoms with E-state index in [1.807, 2.05) is 0 Å². The Morgan fingerprint density at radius 1 is 1.33 bits per heavy atom. The van der Waals surface area contributed by atoms with Gasteiger partial charge in [-0.1, -0.05) is 0 Å². The van der Waals surface area contributed by atoms with Crippen LogP contribution in [0.25, 0.3) is 0 Å². The Morgan fingerprint density at radius 2 is 2.06 bits per heavy atom. The first-order chi connectivity index (χ1) is 8.69. The van der Waals surface area contributed by atoms with Gasteiger partial charge in [-0.3, -0.25) is 0 Å². The lowest BCUT2D eigenvalue weighted by atomic mass is 9.93. The Labute approximate surface area is 106 Å². The third-order valence-electron chi connectivity index (χ3n) is 3.14. The minimum absolute atomic E-state index is 0.156. The lowest BCUT2D eigenvalue weighted by Crippen LogP contribution is -2.31. The van der Waals surface area contributed by atoms with Crippen molar-refractivity contribution in [2.45, 2.75) is 25.8 Å². The third kappa shape index (κ3) is 3.19. The van der Waals surface area contributed by atoms with E-state index in [-0.39, 0.29) is 18.0 Å². The molecule has 1 aromatic heterocycles. The van der Waals surface area contributed by atoms with Crippen LogP contribution in [-0.2, 0) is 4.74 Å². The van der Waals surface area contributed by atoms with Crippen molar-refractivity contribution in [3.05, 3.63) is 0 Å². The predicted molar refractivity (Wildman–Crippen MR) is 67.4 cm³/mol. The Balaban J connectivity index is 2.01. The Kier molecular flexibility index (Phi) is 4.14. The lowest BCUT2D eigenvalue weighted by Gasteiger charge is -2.28. The Bertz CT molecular complexity index is 395. The summed E-state index contributed by atoms with van der Waals surface area (Å²) in [6, 6.07) is 0.490. The first-order valence-corrected chi connectivity index (χ1v) is 6.09. The molecule has 0 aromatic carbocycles. The number of hydrogen-bond acceptors (Lipinski definition) is 7. The van der Waals surface area contributed by atoms with Crippen molar-refractivity contribution in [3.8, 4) is 6.01 Å². The second-order valence-corrected chi connectivity index (χ2v) is 4.39. The molecule has 1 atom stereocenters. The highest BCUT2D eigenvalue weighted by atomic mass is 16.5. The van der Waals surface area contributed by atoms with Crippen LogP contribution in [-0.4, -0.2) is 41.3 Å². The van der Waals surface area contributed by atoms with Gasteiger partial charge in [0.1, 0.15) is 0 Å². The second kappa shape index (κ2) is 5.81. The van der Waals surface area contributed by atoms with Crippen LogP contribution >= 0.6 is 0 Å². The molecule has 3 N–H and O–H groups in total. The molecule has 1 aromatic rings. The highest BCUT2D eigenvalue weighted by Crippen LogP contribution is 2.21. The topological polar surface area (TPSA) is 95.2 Å². The van der Waals surface area contributed by atoms with Crippen LogP contribution in [0.5, 0.6) is 6.01 Å². The van der Waals surface area contributed by atoms with Gasteiger partial charge in [-0.25, -0.2) is 0 Å². The summed E-state index contributed by atoms with van der Waals surface area (Å²) < 4.78 is 10.3. The van der Waals surface area contributed by atoms with Gasteiger partial charge in [0.2, 0.25) is 11.9 Å². The molecule has 7 nitrogen and oxygen atoms in total. The summed E-state index contributed by atoms with van der Waals surface area (Å²) in [4.78, 5) is 12.0. The molecule has 1 saturated heterocycles. The Hall–Kier alpha value is -1.63. The standard InChI is InChI=1S/C11H19N5O2/c1-7(8-3-5-18-6-4-8)13-10-14-9(12)15-11(16-10)17-2/h7-8H,3-6H2,1-2H3,(H3,12,13,14,15,16). The number of anilines is 2. The van der Waals surface area contributed by atoms with E-state index in [4.69, 9.17) is 15.2 Å². The van der Waals surface area contributed by atoms with Gasteiger partial charge < -0.3 is 20.5 Å². The van der Waals surface area contributed by atoms with Crippen molar-refractivity contribution < 1.29 is 9.47 Å². The van der Waals surface area contributed by atoms with E-state index in [1.54, 1.807) is 0 Å². The maximum Gasteiger partial charge on any atom is 0.322 e. The number of ether oxygens (including phenoxy) is 2. The highest BCUT2D eigenvalue weighted by molar-refractivity contribution is 5.33. The zero-order valence-corrected chi connectivity index (χ0v) is 10.7. The molecule has 18 heavy (non-hydrogen) atoms. The van der Waals surface area contributed by atoms with Crippen molar-refractivity contribution in [1.82, 2.24) is 15.0 Å². The van der Waals surface area contributed by atoms with Crippen LogP contribution in [0.3, 0.4) is 0 Å². The fourth-order valence-corrected chi connectivity index (χ4v) is 2.07. The van der Waals surface area contributed by atoms with Gasteiger partial charge in [0.15, 0.2) is 0 Å². The summed E-state index contributed by atoms with van der Waals surface area (Å²) in [7, 11) is 1.50. The van der Waals surface area contributed by atoms with E-state index in [2.05, 4.69) is 27.2 Å². The molecular formula is C11H19N5O2. The normalized spacial score (nSPS) is 18.3. The van der Waals surface area contributed by atoms with Crippen LogP contribution in [0.4, 0.5) is 11.9 Å². The maximum absolute atomic E-state index is 5.59. The van der Waals surface area contributed by atoms with E-state index in [9.17, 15) is 0 Å². The van der Waals surface area contributed by atoms with Gasteiger partial charge in [-0.15, -0.1) is 0 Å². The average molecular weight is 253 g/mol. The van der Waals surface area contributed by atoms with Crippen molar-refractivity contribution in [1.29, 1.82) is 0 Å². The largest absolute Gasteiger partial charge is 0.467 e. The minimum atomic E-state index is 0.156. The second-order valence-electron chi connectivity index (χ2n) is 4.39. The van der Waals surface area contributed by atoms with Crippen molar-refractivity contribution >= 4 is 11.9 Å². The number of nitrogens with one attached hydrogen (secondary N) is 1.